The third-order valence-corrected chi connectivity index (χ3v) is 14.6. The summed E-state index contributed by atoms with van der Waals surface area (Å²) in [5.41, 5.74) is -7.09. The number of carbonyl (C=O) groups excluding carboxylic acids is 2. The average Bonchev–Trinajstić information content (AvgIpc) is 3.18. The summed E-state index contributed by atoms with van der Waals surface area (Å²) in [6.45, 7) is -6.45. The van der Waals surface area contributed by atoms with Crippen LogP contribution in [0.1, 0.15) is 20.7 Å². The molecule has 6 aromatic rings. The topological polar surface area (TPSA) is 91.8 Å². The normalized spacial score (nSPS) is 14.4. The highest BCUT2D eigenvalue weighted by Crippen LogP contribution is 2.70. The first kappa shape index (κ1) is 30.4. The Morgan fingerprint density at radius 1 is 0.532 bits per heavy atom. The van der Waals surface area contributed by atoms with Gasteiger partial charge in [-0.15, -0.1) is 0 Å². The van der Waals surface area contributed by atoms with Gasteiger partial charge in [0.2, 0.25) is 0 Å². The second-order valence-corrected chi connectivity index (χ2v) is 16.8. The lowest BCUT2D eigenvalue weighted by molar-refractivity contribution is -0.0413. The van der Waals surface area contributed by atoms with Crippen LogP contribution >= 0.6 is 6.65 Å². The molecule has 7 rings (SSSR count). The van der Waals surface area contributed by atoms with Gasteiger partial charge in [0.1, 0.15) is 0 Å². The third kappa shape index (κ3) is 4.49. The Hall–Kier alpha value is -5.25. The predicted octanol–water partition coefficient (Wildman–Crippen LogP) is 9.01. The van der Waals surface area contributed by atoms with E-state index < -0.39 is 33.4 Å². The molecular formula is C35H22F3N2O5PS. The summed E-state index contributed by atoms with van der Waals surface area (Å²) in [6, 6.07) is 33.2. The van der Waals surface area contributed by atoms with Crippen molar-refractivity contribution in [1.82, 2.24) is 0 Å². The van der Waals surface area contributed by atoms with Crippen LogP contribution in [0.5, 0.6) is 0 Å². The summed E-state index contributed by atoms with van der Waals surface area (Å²) in [6.07, 6.45) is 0. The molecule has 0 saturated carbocycles. The molecule has 6 aromatic carbocycles. The summed E-state index contributed by atoms with van der Waals surface area (Å²) in [4.78, 5) is 29.1. The second kappa shape index (κ2) is 10.9. The van der Waals surface area contributed by atoms with E-state index in [9.17, 15) is 31.2 Å². The summed E-state index contributed by atoms with van der Waals surface area (Å²) >= 11 is 0. The number of hydrogen-bond donors (Lipinski definition) is 0. The molecule has 234 valence electrons. The molecule has 1 heterocycles. The number of halogens is 3. The minimum atomic E-state index is -6.85. The molecule has 1 aliphatic rings. The van der Waals surface area contributed by atoms with Gasteiger partial charge in [0.15, 0.2) is 0 Å². The van der Waals surface area contributed by atoms with E-state index in [1.165, 1.54) is 72.8 Å². The summed E-state index contributed by atoms with van der Waals surface area (Å²) in [5, 5.41) is 2.07. The smallest absolute Gasteiger partial charge is 0.268 e. The van der Waals surface area contributed by atoms with Crippen LogP contribution < -0.4 is 9.34 Å². The van der Waals surface area contributed by atoms with Crippen LogP contribution in [0.4, 0.5) is 24.5 Å². The van der Waals surface area contributed by atoms with Gasteiger partial charge in [-0.1, -0.05) is 97.1 Å². The predicted molar refractivity (Wildman–Crippen MR) is 176 cm³/mol. The van der Waals surface area contributed by atoms with E-state index in [1.54, 1.807) is 60.7 Å². The maximum Gasteiger partial charge on any atom is 0.507 e. The number of rotatable bonds is 3. The zero-order chi connectivity index (χ0) is 33.1. The van der Waals surface area contributed by atoms with E-state index in [0.717, 1.165) is 0 Å². The molecule has 0 radical (unpaired) electrons. The first-order valence-corrected chi connectivity index (χ1v) is 17.9. The van der Waals surface area contributed by atoms with Crippen molar-refractivity contribution in [2.75, 3.05) is 9.34 Å². The lowest BCUT2D eigenvalue weighted by atomic mass is 9.90. The lowest BCUT2D eigenvalue weighted by Gasteiger charge is -2.37. The summed E-state index contributed by atoms with van der Waals surface area (Å²) < 4.78 is 88.7. The van der Waals surface area contributed by atoms with Crippen molar-refractivity contribution < 1.29 is 35.7 Å². The van der Waals surface area contributed by atoms with E-state index in [0.29, 0.717) is 21.5 Å². The SMILES string of the molecule is O=C(c1ccccc1)N1c2ccc3ccccc3c2-c2c(ccc3ccccc23)N(C(=O)c2ccccc2)P1(=O)S(=O)(=O)C(F)(F)F. The Morgan fingerprint density at radius 2 is 0.894 bits per heavy atom. The van der Waals surface area contributed by atoms with Crippen molar-refractivity contribution in [3.05, 3.63) is 145 Å². The number of alkyl halides is 3. The lowest BCUT2D eigenvalue weighted by Crippen LogP contribution is -2.44. The molecule has 0 unspecified atom stereocenters. The number of benzene rings is 6. The standard InChI is InChI=1S/C35H22F3N2O5PS/c36-35(37,38)47(44,45)46(43)39(33(41)25-13-3-1-4-14-25)29-21-19-23-11-7-9-17-27(23)31(29)32-28-18-10-8-12-24(28)20-22-30(32)40(46)34(42)26-15-5-2-6-16-26/h1-22H. The maximum atomic E-state index is 15.7. The molecule has 0 saturated heterocycles. The quantitative estimate of drug-likeness (QED) is 0.175. The first-order chi connectivity index (χ1) is 22.5. The Morgan fingerprint density at radius 3 is 1.28 bits per heavy atom. The highest BCUT2D eigenvalue weighted by atomic mass is 32.8. The van der Waals surface area contributed by atoms with E-state index in [4.69, 9.17) is 0 Å². The third-order valence-electron chi connectivity index (χ3n) is 8.06. The monoisotopic (exact) mass is 670 g/mol. The number of anilines is 2. The van der Waals surface area contributed by atoms with Crippen molar-refractivity contribution >= 4 is 60.8 Å². The number of carbonyl (C=O) groups is 2. The van der Waals surface area contributed by atoms with Crippen LogP contribution in [0.15, 0.2) is 133 Å². The van der Waals surface area contributed by atoms with Gasteiger partial charge < -0.3 is 0 Å². The maximum absolute atomic E-state index is 15.7. The Bertz CT molecular complexity index is 2260. The molecule has 0 bridgehead atoms. The molecule has 0 spiro atoms. The van der Waals surface area contributed by atoms with Crippen molar-refractivity contribution in [2.24, 2.45) is 0 Å². The fourth-order valence-corrected chi connectivity index (χ4v) is 11.5. The zero-order valence-electron chi connectivity index (χ0n) is 24.1. The van der Waals surface area contributed by atoms with Crippen LogP contribution in [0.2, 0.25) is 0 Å². The number of amides is 2. The fourth-order valence-electron chi connectivity index (χ4n) is 5.96. The molecule has 1 aliphatic heterocycles. The summed E-state index contributed by atoms with van der Waals surface area (Å²) in [5.74, 6) is -2.61. The summed E-state index contributed by atoms with van der Waals surface area (Å²) in [7, 11) is -6.85. The minimum Gasteiger partial charge on any atom is -0.268 e. The second-order valence-electron chi connectivity index (χ2n) is 10.7. The van der Waals surface area contributed by atoms with Crippen molar-refractivity contribution in [1.29, 1.82) is 0 Å². The van der Waals surface area contributed by atoms with Crippen LogP contribution in [-0.2, 0) is 14.0 Å². The van der Waals surface area contributed by atoms with Crippen molar-refractivity contribution in [3.63, 3.8) is 0 Å². The van der Waals surface area contributed by atoms with Crippen molar-refractivity contribution in [2.45, 2.75) is 5.51 Å². The Balaban J connectivity index is 1.75. The van der Waals surface area contributed by atoms with E-state index in [2.05, 4.69) is 0 Å². The number of hydrogen-bond acceptors (Lipinski definition) is 5. The largest absolute Gasteiger partial charge is 0.507 e. The molecular weight excluding hydrogens is 648 g/mol. The van der Waals surface area contributed by atoms with Gasteiger partial charge in [-0.25, -0.2) is 17.8 Å². The minimum absolute atomic E-state index is 0.139. The molecule has 2 amide bonds. The van der Waals surface area contributed by atoms with Gasteiger partial charge in [-0.05, 0) is 57.9 Å². The molecule has 0 fully saturated rings. The zero-order valence-corrected chi connectivity index (χ0v) is 25.8. The molecule has 0 N–H and O–H groups in total. The van der Waals surface area contributed by atoms with Crippen LogP contribution in [0, 0.1) is 0 Å². The van der Waals surface area contributed by atoms with Crippen LogP contribution in [0.3, 0.4) is 0 Å². The number of fused-ring (bicyclic) bond motifs is 7. The molecule has 12 heteroatoms. The average molecular weight is 671 g/mol. The highest BCUT2D eigenvalue weighted by molar-refractivity contribution is 8.54. The molecule has 0 aromatic heterocycles. The van der Waals surface area contributed by atoms with E-state index >= 15 is 4.57 Å². The van der Waals surface area contributed by atoms with Gasteiger partial charge in [0.05, 0.1) is 11.4 Å². The van der Waals surface area contributed by atoms with Crippen LogP contribution in [0.25, 0.3) is 32.7 Å². The van der Waals surface area contributed by atoms with Crippen LogP contribution in [-0.4, -0.2) is 25.7 Å². The Kier molecular flexibility index (Phi) is 7.07. The van der Waals surface area contributed by atoms with Gasteiger partial charge in [-0.3, -0.25) is 14.2 Å². The van der Waals surface area contributed by atoms with Crippen molar-refractivity contribution in [3.8, 4) is 11.1 Å². The van der Waals surface area contributed by atoms with Gasteiger partial charge >= 0.3 is 21.6 Å². The van der Waals surface area contributed by atoms with E-state index in [1.807, 2.05) is 0 Å². The van der Waals surface area contributed by atoms with Gasteiger partial charge in [0.25, 0.3) is 11.8 Å². The number of nitrogens with zero attached hydrogens (tertiary/aromatic N) is 2. The Labute approximate surface area is 266 Å². The molecule has 47 heavy (non-hydrogen) atoms. The fraction of sp³-hybridized carbons (Fsp3) is 0.0286. The first-order valence-electron chi connectivity index (χ1n) is 14.2. The molecule has 7 nitrogen and oxygen atoms in total. The molecule has 0 aliphatic carbocycles. The van der Waals surface area contributed by atoms with Gasteiger partial charge in [0, 0.05) is 22.3 Å². The highest BCUT2D eigenvalue weighted by Gasteiger charge is 2.67. The van der Waals surface area contributed by atoms with E-state index in [-0.39, 0.29) is 43.0 Å². The molecule has 0 atom stereocenters. The van der Waals surface area contributed by atoms with Gasteiger partial charge in [-0.2, -0.15) is 13.2 Å².